The highest BCUT2D eigenvalue weighted by atomic mass is 79.9. The zero-order valence-corrected chi connectivity index (χ0v) is 14.2. The van der Waals surface area contributed by atoms with Gasteiger partial charge in [0.15, 0.2) is 14.5 Å². The Hall–Kier alpha value is -1.60. The summed E-state index contributed by atoms with van der Waals surface area (Å²) in [7, 11) is -3.17. The topological polar surface area (TPSA) is 76.4 Å². The number of hydrogen-bond donors (Lipinski definition) is 1. The van der Waals surface area contributed by atoms with Gasteiger partial charge in [0.05, 0.1) is 17.1 Å². The minimum Gasteiger partial charge on any atom is -0.457 e. The van der Waals surface area contributed by atoms with Gasteiger partial charge in [-0.1, -0.05) is 30.3 Å². The molecule has 0 radical (unpaired) electrons. The molecule has 0 saturated carbocycles. The number of rotatable bonds is 7. The summed E-state index contributed by atoms with van der Waals surface area (Å²) in [6, 6.07) is 10.6. The van der Waals surface area contributed by atoms with Crippen LogP contribution in [0.2, 0.25) is 0 Å². The molecule has 0 aliphatic heterocycles. The second-order valence-corrected chi connectivity index (χ2v) is 7.79. The zero-order valence-electron chi connectivity index (χ0n) is 11.8. The van der Waals surface area contributed by atoms with Crippen LogP contribution in [0.5, 0.6) is 0 Å². The normalized spacial score (nSPS) is 11.3. The average molecular weight is 386 g/mol. The molecule has 1 N–H and O–H groups in total. The second-order valence-electron chi connectivity index (χ2n) is 4.83. The summed E-state index contributed by atoms with van der Waals surface area (Å²) in [4.78, 5) is 11.7. The number of sulfone groups is 1. The van der Waals surface area contributed by atoms with Crippen LogP contribution in [0.15, 0.2) is 51.7 Å². The third kappa shape index (κ3) is 5.31. The van der Waals surface area contributed by atoms with Gasteiger partial charge in [0.1, 0.15) is 6.26 Å². The largest absolute Gasteiger partial charge is 0.457 e. The Labute approximate surface area is 137 Å². The summed E-state index contributed by atoms with van der Waals surface area (Å²) >= 11 is 3.11. The first-order valence-electron chi connectivity index (χ1n) is 6.73. The maximum atomic E-state index is 12.0. The molecule has 118 valence electrons. The highest BCUT2D eigenvalue weighted by Crippen LogP contribution is 2.13. The molecule has 1 aromatic heterocycles. The van der Waals surface area contributed by atoms with Crippen LogP contribution in [-0.2, 0) is 15.6 Å². The molecule has 7 heteroatoms. The van der Waals surface area contributed by atoms with E-state index in [1.807, 2.05) is 18.2 Å². The van der Waals surface area contributed by atoms with Gasteiger partial charge in [0.25, 0.3) is 5.91 Å². The highest BCUT2D eigenvalue weighted by Gasteiger charge is 2.13. The number of halogens is 1. The minimum absolute atomic E-state index is 0.0243. The number of carbonyl (C=O) groups is 1. The van der Waals surface area contributed by atoms with Gasteiger partial charge in [0, 0.05) is 12.6 Å². The fourth-order valence-corrected chi connectivity index (χ4v) is 3.69. The van der Waals surface area contributed by atoms with E-state index in [4.69, 9.17) is 4.42 Å². The van der Waals surface area contributed by atoms with Gasteiger partial charge in [-0.15, -0.1) is 0 Å². The summed E-state index contributed by atoms with van der Waals surface area (Å²) in [6.07, 6.45) is 1.71. The zero-order chi connectivity index (χ0) is 16.0. The quantitative estimate of drug-likeness (QED) is 0.743. The van der Waals surface area contributed by atoms with Crippen molar-refractivity contribution in [1.82, 2.24) is 5.32 Å². The van der Waals surface area contributed by atoms with Gasteiger partial charge in [-0.3, -0.25) is 4.79 Å². The molecule has 1 heterocycles. The van der Waals surface area contributed by atoms with E-state index in [1.54, 1.807) is 18.2 Å². The van der Waals surface area contributed by atoms with Gasteiger partial charge in [-0.2, -0.15) is 0 Å². The van der Waals surface area contributed by atoms with Crippen molar-refractivity contribution in [3.05, 3.63) is 58.5 Å². The van der Waals surface area contributed by atoms with Crippen molar-refractivity contribution in [2.75, 3.05) is 12.3 Å². The van der Waals surface area contributed by atoms with E-state index in [0.717, 1.165) is 5.56 Å². The monoisotopic (exact) mass is 385 g/mol. The van der Waals surface area contributed by atoms with Crippen molar-refractivity contribution in [3.63, 3.8) is 0 Å². The molecule has 0 aliphatic rings. The third-order valence-corrected chi connectivity index (χ3v) is 5.08. The maximum Gasteiger partial charge on any atom is 0.254 e. The van der Waals surface area contributed by atoms with Gasteiger partial charge >= 0.3 is 0 Å². The van der Waals surface area contributed by atoms with E-state index < -0.39 is 9.84 Å². The number of carbonyl (C=O) groups excluding carboxylic acids is 1. The lowest BCUT2D eigenvalue weighted by Gasteiger charge is -2.06. The molecule has 0 atom stereocenters. The summed E-state index contributed by atoms with van der Waals surface area (Å²) in [6.45, 7) is 0.301. The Bertz CT molecular complexity index is 725. The van der Waals surface area contributed by atoms with Gasteiger partial charge < -0.3 is 9.73 Å². The predicted molar refractivity (Wildman–Crippen MR) is 87.3 cm³/mol. The van der Waals surface area contributed by atoms with Crippen molar-refractivity contribution < 1.29 is 17.6 Å². The maximum absolute atomic E-state index is 12.0. The van der Waals surface area contributed by atoms with E-state index >= 15 is 0 Å². The molecule has 0 fully saturated rings. The first-order valence-corrected chi connectivity index (χ1v) is 9.34. The van der Waals surface area contributed by atoms with Gasteiger partial charge in [0.2, 0.25) is 0 Å². The van der Waals surface area contributed by atoms with Crippen LogP contribution >= 0.6 is 15.9 Å². The summed E-state index contributed by atoms with van der Waals surface area (Å²) in [5.41, 5.74) is 1.17. The number of amides is 1. The SMILES string of the molecule is O=C(NCCCS(=O)(=O)Cc1ccccc1)c1coc(Br)c1. The molecule has 5 nitrogen and oxygen atoms in total. The van der Waals surface area contributed by atoms with Crippen molar-refractivity contribution in [2.24, 2.45) is 0 Å². The van der Waals surface area contributed by atoms with Crippen LogP contribution < -0.4 is 5.32 Å². The van der Waals surface area contributed by atoms with E-state index in [2.05, 4.69) is 21.2 Å². The minimum atomic E-state index is -3.17. The van der Waals surface area contributed by atoms with E-state index in [-0.39, 0.29) is 17.4 Å². The Balaban J connectivity index is 1.75. The van der Waals surface area contributed by atoms with Crippen LogP contribution in [0, 0.1) is 0 Å². The molecule has 0 unspecified atom stereocenters. The van der Waals surface area contributed by atoms with Crippen LogP contribution in [0.25, 0.3) is 0 Å². The number of furan rings is 1. The first kappa shape index (κ1) is 16.8. The Kier molecular flexibility index (Phi) is 5.79. The van der Waals surface area contributed by atoms with E-state index in [0.29, 0.717) is 23.2 Å². The van der Waals surface area contributed by atoms with E-state index in [9.17, 15) is 13.2 Å². The standard InChI is InChI=1S/C15H16BrNO4S/c16-14-9-13(10-21-14)15(18)17-7-4-8-22(19,20)11-12-5-2-1-3-6-12/h1-3,5-6,9-10H,4,7-8,11H2,(H,17,18). The van der Waals surface area contributed by atoms with Crippen molar-refractivity contribution in [3.8, 4) is 0 Å². The predicted octanol–water partition coefficient (Wildman–Crippen LogP) is 2.78. The molecular weight excluding hydrogens is 370 g/mol. The molecule has 0 spiro atoms. The average Bonchev–Trinajstić information content (AvgIpc) is 2.91. The van der Waals surface area contributed by atoms with E-state index in [1.165, 1.54) is 6.26 Å². The van der Waals surface area contributed by atoms with Crippen LogP contribution in [0.4, 0.5) is 0 Å². The lowest BCUT2D eigenvalue weighted by Crippen LogP contribution is -2.25. The summed E-state index contributed by atoms with van der Waals surface area (Å²) in [5, 5.41) is 2.66. The molecular formula is C15H16BrNO4S. The molecule has 2 aromatic rings. The Morgan fingerprint density at radius 3 is 2.59 bits per heavy atom. The smallest absolute Gasteiger partial charge is 0.254 e. The van der Waals surface area contributed by atoms with Crippen molar-refractivity contribution in [1.29, 1.82) is 0 Å². The fraction of sp³-hybridized carbons (Fsp3) is 0.267. The number of benzene rings is 1. The first-order chi connectivity index (χ1) is 10.5. The molecule has 0 saturated heterocycles. The molecule has 1 aromatic carbocycles. The molecule has 0 bridgehead atoms. The Morgan fingerprint density at radius 2 is 1.95 bits per heavy atom. The number of nitrogens with one attached hydrogen (secondary N) is 1. The van der Waals surface area contributed by atoms with Gasteiger partial charge in [-0.25, -0.2) is 8.42 Å². The summed E-state index contributed by atoms with van der Waals surface area (Å²) in [5.74, 6) is -0.219. The van der Waals surface area contributed by atoms with Crippen LogP contribution in [-0.4, -0.2) is 26.6 Å². The Morgan fingerprint density at radius 1 is 1.23 bits per heavy atom. The number of hydrogen-bond acceptors (Lipinski definition) is 4. The summed E-state index contributed by atoms with van der Waals surface area (Å²) < 4.78 is 29.4. The van der Waals surface area contributed by atoms with Gasteiger partial charge in [-0.05, 0) is 27.9 Å². The molecule has 0 aliphatic carbocycles. The van der Waals surface area contributed by atoms with Crippen LogP contribution in [0.3, 0.4) is 0 Å². The van der Waals surface area contributed by atoms with Crippen LogP contribution in [0.1, 0.15) is 22.3 Å². The highest BCUT2D eigenvalue weighted by molar-refractivity contribution is 9.10. The fourth-order valence-electron chi connectivity index (χ4n) is 1.93. The third-order valence-electron chi connectivity index (χ3n) is 2.98. The lowest BCUT2D eigenvalue weighted by molar-refractivity contribution is 0.0953. The lowest BCUT2D eigenvalue weighted by atomic mass is 10.2. The molecule has 2 rings (SSSR count). The van der Waals surface area contributed by atoms with Crippen molar-refractivity contribution in [2.45, 2.75) is 12.2 Å². The van der Waals surface area contributed by atoms with Crippen molar-refractivity contribution >= 4 is 31.7 Å². The molecule has 22 heavy (non-hydrogen) atoms. The second kappa shape index (κ2) is 7.60. The molecule has 1 amide bonds.